The van der Waals surface area contributed by atoms with E-state index in [9.17, 15) is 4.79 Å². The van der Waals surface area contributed by atoms with Crippen LogP contribution in [0.15, 0.2) is 30.6 Å². The second-order valence-electron chi connectivity index (χ2n) is 5.85. The van der Waals surface area contributed by atoms with E-state index >= 15 is 0 Å². The zero-order chi connectivity index (χ0) is 16.9. The summed E-state index contributed by atoms with van der Waals surface area (Å²) in [4.78, 5) is 18.5. The number of rotatable bonds is 5. The Morgan fingerprint density at radius 3 is 2.83 bits per heavy atom. The first kappa shape index (κ1) is 16.3. The van der Waals surface area contributed by atoms with E-state index < -0.39 is 0 Å². The summed E-state index contributed by atoms with van der Waals surface area (Å²) in [6.45, 7) is 3.72. The molecular weight excluding hydrogens is 306 g/mol. The summed E-state index contributed by atoms with van der Waals surface area (Å²) >= 11 is 0. The Hall–Kier alpha value is -2.57. The molecule has 0 spiro atoms. The number of amides is 2. The molecule has 2 amide bonds. The fourth-order valence-corrected chi connectivity index (χ4v) is 3.03. The van der Waals surface area contributed by atoms with E-state index in [1.807, 2.05) is 36.1 Å². The minimum absolute atomic E-state index is 0.0705. The number of aryl methyl sites for hydroxylation is 1. The molecule has 1 aliphatic rings. The zero-order valence-electron chi connectivity index (χ0n) is 14.1. The Morgan fingerprint density at radius 2 is 2.17 bits per heavy atom. The number of nitrogens with one attached hydrogen (secondary N) is 1. The monoisotopic (exact) mass is 329 g/mol. The van der Waals surface area contributed by atoms with Crippen LogP contribution >= 0.6 is 0 Å². The van der Waals surface area contributed by atoms with Crippen molar-refractivity contribution < 1.29 is 9.53 Å². The van der Waals surface area contributed by atoms with Crippen molar-refractivity contribution in [1.29, 1.82) is 0 Å². The molecule has 1 fully saturated rings. The molecule has 3 rings (SSSR count). The van der Waals surface area contributed by atoms with E-state index in [1.54, 1.807) is 18.1 Å². The lowest BCUT2D eigenvalue weighted by Gasteiger charge is -2.25. The second-order valence-corrected chi connectivity index (χ2v) is 5.85. The summed E-state index contributed by atoms with van der Waals surface area (Å²) in [5, 5.41) is 7.08. The molecule has 128 valence electrons. The summed E-state index contributed by atoms with van der Waals surface area (Å²) in [5.41, 5.74) is 1.14. The molecule has 2 aromatic rings. The predicted octanol–water partition coefficient (Wildman–Crippen LogP) is 2.26. The van der Waals surface area contributed by atoms with Crippen LogP contribution in [-0.2, 0) is 13.6 Å². The van der Waals surface area contributed by atoms with Crippen LogP contribution < -0.4 is 10.1 Å². The van der Waals surface area contributed by atoms with E-state index in [2.05, 4.69) is 15.4 Å². The molecule has 1 atom stereocenters. The Kier molecular flexibility index (Phi) is 4.98. The van der Waals surface area contributed by atoms with Crippen LogP contribution in [-0.4, -0.2) is 38.8 Å². The fourth-order valence-electron chi connectivity index (χ4n) is 3.03. The molecule has 1 N–H and O–H groups in total. The summed E-state index contributed by atoms with van der Waals surface area (Å²) in [6.07, 6.45) is 3.61. The molecule has 7 heteroatoms. The molecule has 1 aromatic carbocycles. The normalized spacial score (nSPS) is 17.1. The van der Waals surface area contributed by atoms with Gasteiger partial charge in [-0.3, -0.25) is 4.68 Å². The van der Waals surface area contributed by atoms with Gasteiger partial charge in [0.2, 0.25) is 0 Å². The van der Waals surface area contributed by atoms with Gasteiger partial charge in [0, 0.05) is 13.6 Å². The number of hydrogen-bond acceptors (Lipinski definition) is 4. The number of benzene rings is 1. The molecule has 1 aliphatic heterocycles. The number of carbonyl (C=O) groups is 1. The Labute approximate surface area is 141 Å². The maximum Gasteiger partial charge on any atom is 0.318 e. The predicted molar refractivity (Wildman–Crippen MR) is 89.5 cm³/mol. The average Bonchev–Trinajstić information content (AvgIpc) is 3.23. The summed E-state index contributed by atoms with van der Waals surface area (Å²) in [6, 6.07) is 8.05. The maximum atomic E-state index is 12.5. The van der Waals surface area contributed by atoms with Crippen molar-refractivity contribution in [3.63, 3.8) is 0 Å². The molecule has 24 heavy (non-hydrogen) atoms. The fraction of sp³-hybridized carbons (Fsp3) is 0.471. The van der Waals surface area contributed by atoms with Crippen molar-refractivity contribution in [3.05, 3.63) is 42.0 Å². The molecule has 1 aromatic heterocycles. The molecule has 0 bridgehead atoms. The van der Waals surface area contributed by atoms with Crippen LogP contribution in [0, 0.1) is 0 Å². The van der Waals surface area contributed by atoms with Crippen molar-refractivity contribution in [2.75, 3.05) is 13.2 Å². The average molecular weight is 329 g/mol. The molecular formula is C17H23N5O2. The van der Waals surface area contributed by atoms with Gasteiger partial charge in [-0.25, -0.2) is 9.78 Å². The first-order valence-electron chi connectivity index (χ1n) is 8.29. The number of nitrogens with zero attached hydrogens (tertiary/aromatic N) is 4. The highest BCUT2D eigenvalue weighted by Crippen LogP contribution is 2.32. The first-order chi connectivity index (χ1) is 11.7. The number of likely N-dealkylation sites (tertiary alicyclic amines) is 1. The Bertz CT molecular complexity index is 683. The van der Waals surface area contributed by atoms with Gasteiger partial charge >= 0.3 is 6.03 Å². The molecule has 7 nitrogen and oxygen atoms in total. The van der Waals surface area contributed by atoms with E-state index in [0.29, 0.717) is 19.0 Å². The quantitative estimate of drug-likeness (QED) is 0.913. The zero-order valence-corrected chi connectivity index (χ0v) is 14.1. The van der Waals surface area contributed by atoms with Crippen LogP contribution in [0.4, 0.5) is 4.79 Å². The van der Waals surface area contributed by atoms with Crippen LogP contribution in [0.2, 0.25) is 0 Å². The van der Waals surface area contributed by atoms with Crippen LogP contribution in [0.1, 0.15) is 37.2 Å². The van der Waals surface area contributed by atoms with Crippen LogP contribution in [0.5, 0.6) is 5.75 Å². The minimum atomic E-state index is -0.0705. The van der Waals surface area contributed by atoms with Gasteiger partial charge < -0.3 is 15.0 Å². The number of ether oxygens (including phenoxy) is 1. The first-order valence-corrected chi connectivity index (χ1v) is 8.29. The SMILES string of the molecule is CCOc1ccc(C2CCCN2C(=O)NCc2ncn(C)n2)cc1. The lowest BCUT2D eigenvalue weighted by molar-refractivity contribution is 0.192. The second kappa shape index (κ2) is 7.33. The lowest BCUT2D eigenvalue weighted by atomic mass is 10.0. The van der Waals surface area contributed by atoms with Crippen molar-refractivity contribution >= 4 is 6.03 Å². The van der Waals surface area contributed by atoms with Crippen molar-refractivity contribution in [1.82, 2.24) is 25.0 Å². The number of aromatic nitrogens is 3. The third-order valence-electron chi connectivity index (χ3n) is 4.13. The van der Waals surface area contributed by atoms with Gasteiger partial charge in [-0.15, -0.1) is 0 Å². The molecule has 2 heterocycles. The summed E-state index contributed by atoms with van der Waals surface area (Å²) in [5.74, 6) is 1.47. The van der Waals surface area contributed by atoms with Crippen LogP contribution in [0.25, 0.3) is 0 Å². The molecule has 1 saturated heterocycles. The van der Waals surface area contributed by atoms with Gasteiger partial charge in [-0.2, -0.15) is 5.10 Å². The standard InChI is InChI=1S/C17H23N5O2/c1-3-24-14-8-6-13(7-9-14)15-5-4-10-22(15)17(23)18-11-16-19-12-21(2)20-16/h6-9,12,15H,3-5,10-11H2,1-2H3,(H,18,23). The molecule has 0 saturated carbocycles. The van der Waals surface area contributed by atoms with Gasteiger partial charge in [-0.05, 0) is 37.5 Å². The molecule has 1 unspecified atom stereocenters. The Morgan fingerprint density at radius 1 is 1.38 bits per heavy atom. The number of hydrogen-bond donors (Lipinski definition) is 1. The summed E-state index contributed by atoms with van der Waals surface area (Å²) in [7, 11) is 1.81. The maximum absolute atomic E-state index is 12.5. The minimum Gasteiger partial charge on any atom is -0.494 e. The summed E-state index contributed by atoms with van der Waals surface area (Å²) < 4.78 is 7.10. The molecule has 0 aliphatic carbocycles. The number of carbonyl (C=O) groups excluding carboxylic acids is 1. The van der Waals surface area contributed by atoms with Crippen molar-refractivity contribution in [2.45, 2.75) is 32.4 Å². The van der Waals surface area contributed by atoms with Gasteiger partial charge in [0.15, 0.2) is 5.82 Å². The third kappa shape index (κ3) is 3.67. The topological polar surface area (TPSA) is 72.3 Å². The largest absolute Gasteiger partial charge is 0.494 e. The van der Waals surface area contributed by atoms with E-state index in [-0.39, 0.29) is 12.1 Å². The van der Waals surface area contributed by atoms with Crippen molar-refractivity contribution in [3.8, 4) is 5.75 Å². The van der Waals surface area contributed by atoms with Gasteiger partial charge in [0.1, 0.15) is 12.1 Å². The van der Waals surface area contributed by atoms with Crippen molar-refractivity contribution in [2.24, 2.45) is 7.05 Å². The number of urea groups is 1. The highest BCUT2D eigenvalue weighted by atomic mass is 16.5. The van der Waals surface area contributed by atoms with E-state index in [0.717, 1.165) is 30.7 Å². The highest BCUT2D eigenvalue weighted by Gasteiger charge is 2.29. The van der Waals surface area contributed by atoms with E-state index in [1.165, 1.54) is 0 Å². The van der Waals surface area contributed by atoms with Crippen LogP contribution in [0.3, 0.4) is 0 Å². The Balaban J connectivity index is 1.62. The smallest absolute Gasteiger partial charge is 0.318 e. The molecule has 0 radical (unpaired) electrons. The lowest BCUT2D eigenvalue weighted by Crippen LogP contribution is -2.39. The third-order valence-corrected chi connectivity index (χ3v) is 4.13. The van der Waals surface area contributed by atoms with Gasteiger partial charge in [0.25, 0.3) is 0 Å². The van der Waals surface area contributed by atoms with Gasteiger partial charge in [-0.1, -0.05) is 12.1 Å². The highest BCUT2D eigenvalue weighted by molar-refractivity contribution is 5.75. The van der Waals surface area contributed by atoms with E-state index in [4.69, 9.17) is 4.74 Å². The van der Waals surface area contributed by atoms with Gasteiger partial charge in [0.05, 0.1) is 19.2 Å².